The maximum absolute atomic E-state index is 15.1. The van der Waals surface area contributed by atoms with Gasteiger partial charge in [0.2, 0.25) is 12.7 Å². The Morgan fingerprint density at radius 3 is 2.51 bits per heavy atom. The quantitative estimate of drug-likeness (QED) is 0.196. The van der Waals surface area contributed by atoms with Crippen LogP contribution in [-0.4, -0.2) is 74.5 Å². The summed E-state index contributed by atoms with van der Waals surface area (Å²) in [6, 6.07) is 8.92. The summed E-state index contributed by atoms with van der Waals surface area (Å²) in [7, 11) is -2.96. The second-order valence-corrected chi connectivity index (χ2v) is 11.2. The predicted octanol–water partition coefficient (Wildman–Crippen LogP) is 2.68. The summed E-state index contributed by atoms with van der Waals surface area (Å²) < 4.78 is 47.2. The van der Waals surface area contributed by atoms with Gasteiger partial charge < -0.3 is 23.6 Å². The number of carbonyl (C=O) groups is 4. The van der Waals surface area contributed by atoms with E-state index >= 15 is 4.39 Å². The van der Waals surface area contributed by atoms with Crippen molar-refractivity contribution < 1.29 is 56.7 Å². The number of rotatable bonds is 9. The number of anilines is 2. The molecule has 0 bridgehead atoms. The Morgan fingerprint density at radius 2 is 1.87 bits per heavy atom. The molecule has 238 valence electrons. The lowest BCUT2D eigenvalue weighted by Gasteiger charge is -2.21. The third-order valence-electron chi connectivity index (χ3n) is 6.82. The number of aryl methyl sites for hydroxylation is 1. The summed E-state index contributed by atoms with van der Waals surface area (Å²) in [5, 5.41) is 4.37. The van der Waals surface area contributed by atoms with Gasteiger partial charge in [0, 0.05) is 32.3 Å². The number of fused-ring (bicyclic) bond motifs is 1. The lowest BCUT2D eigenvalue weighted by atomic mass is 10.2. The molecule has 18 heteroatoms. The van der Waals surface area contributed by atoms with E-state index in [9.17, 15) is 23.7 Å². The monoisotopic (exact) mass is 647 g/mol. The molecule has 2 N–H and O–H groups in total. The summed E-state index contributed by atoms with van der Waals surface area (Å²) in [6.07, 6.45) is -1.06. The highest BCUT2D eigenvalue weighted by Gasteiger charge is 2.36. The van der Waals surface area contributed by atoms with Gasteiger partial charge in [-0.3, -0.25) is 24.2 Å². The van der Waals surface area contributed by atoms with Crippen LogP contribution in [0.1, 0.15) is 28.5 Å². The average Bonchev–Trinajstić information content (AvgIpc) is 3.63. The van der Waals surface area contributed by atoms with Gasteiger partial charge in [-0.15, -0.1) is 0 Å². The molecule has 1 atom stereocenters. The van der Waals surface area contributed by atoms with Crippen LogP contribution >= 0.6 is 7.82 Å². The first-order chi connectivity index (χ1) is 21.3. The van der Waals surface area contributed by atoms with Crippen molar-refractivity contribution >= 4 is 43.3 Å². The second-order valence-electron chi connectivity index (χ2n) is 10.1. The molecule has 16 nitrogen and oxygen atoms in total. The van der Waals surface area contributed by atoms with Crippen molar-refractivity contribution in [3.8, 4) is 5.75 Å². The number of nitrogens with zero attached hydrogens (tertiary/aromatic N) is 5. The normalized spacial score (nSPS) is 15.8. The molecule has 2 aliphatic rings. The smallest absolute Gasteiger partial charge is 0.442 e. The summed E-state index contributed by atoms with van der Waals surface area (Å²) >= 11 is 0. The minimum absolute atomic E-state index is 0.0439. The Labute approximate surface area is 254 Å². The fourth-order valence-electron chi connectivity index (χ4n) is 4.83. The summed E-state index contributed by atoms with van der Waals surface area (Å²) in [5.41, 5.74) is 2.40. The molecule has 0 aliphatic carbocycles. The van der Waals surface area contributed by atoms with E-state index in [1.807, 2.05) is 18.1 Å². The van der Waals surface area contributed by atoms with Crippen molar-refractivity contribution in [2.24, 2.45) is 7.05 Å². The molecule has 0 spiro atoms. The van der Waals surface area contributed by atoms with Gasteiger partial charge in [0.1, 0.15) is 17.7 Å². The number of phosphoric acid groups is 1. The summed E-state index contributed by atoms with van der Waals surface area (Å²) in [6.45, 7) is 0.678. The number of halogens is 1. The number of cyclic esters (lactones) is 1. The van der Waals surface area contributed by atoms with Crippen LogP contribution in [0.25, 0.3) is 0 Å². The zero-order valence-corrected chi connectivity index (χ0v) is 24.8. The Balaban J connectivity index is 1.13. The molecule has 2 aliphatic heterocycles. The van der Waals surface area contributed by atoms with Crippen LogP contribution in [-0.2, 0) is 43.7 Å². The Kier molecular flexibility index (Phi) is 8.77. The first kappa shape index (κ1) is 31.4. The van der Waals surface area contributed by atoms with E-state index in [1.54, 1.807) is 16.8 Å². The van der Waals surface area contributed by atoms with Gasteiger partial charge in [0.05, 0.1) is 42.3 Å². The number of amides is 3. The molecule has 45 heavy (non-hydrogen) atoms. The first-order valence-electron chi connectivity index (χ1n) is 13.3. The Hall–Kier alpha value is -4.99. The molecule has 1 aromatic heterocycles. The van der Waals surface area contributed by atoms with Gasteiger partial charge in [-0.1, -0.05) is 0 Å². The minimum Gasteiger partial charge on any atom is -0.442 e. The van der Waals surface area contributed by atoms with Crippen molar-refractivity contribution in [3.05, 3.63) is 71.3 Å². The van der Waals surface area contributed by atoms with Crippen LogP contribution in [0.5, 0.6) is 5.75 Å². The maximum atomic E-state index is 15.1. The van der Waals surface area contributed by atoms with E-state index < -0.39 is 50.6 Å². The highest BCUT2D eigenvalue weighted by molar-refractivity contribution is 7.46. The maximum Gasteiger partial charge on any atom is 0.524 e. The van der Waals surface area contributed by atoms with Crippen LogP contribution in [0.4, 0.5) is 25.4 Å². The van der Waals surface area contributed by atoms with Gasteiger partial charge in [-0.05, 0) is 42.5 Å². The summed E-state index contributed by atoms with van der Waals surface area (Å²) in [4.78, 5) is 70.9. The minimum atomic E-state index is -4.78. The van der Waals surface area contributed by atoms with Crippen molar-refractivity contribution in [1.29, 1.82) is 0 Å². The van der Waals surface area contributed by atoms with Gasteiger partial charge in [0.15, 0.2) is 0 Å². The van der Waals surface area contributed by atoms with E-state index in [2.05, 4.69) is 9.62 Å². The zero-order chi connectivity index (χ0) is 32.5. The third kappa shape index (κ3) is 7.39. The van der Waals surface area contributed by atoms with E-state index in [1.165, 1.54) is 23.1 Å². The average molecular weight is 648 g/mol. The molecule has 0 radical (unpaired) electrons. The second kappa shape index (κ2) is 12.6. The number of benzene rings is 2. The number of carbonyl (C=O) groups excluding carboxylic acids is 4. The van der Waals surface area contributed by atoms with Crippen LogP contribution in [0.15, 0.2) is 48.7 Å². The van der Waals surface area contributed by atoms with Crippen LogP contribution < -0.4 is 14.3 Å². The van der Waals surface area contributed by atoms with Crippen LogP contribution in [0, 0.1) is 5.82 Å². The fourth-order valence-corrected chi connectivity index (χ4v) is 5.22. The van der Waals surface area contributed by atoms with E-state index in [-0.39, 0.29) is 30.1 Å². The van der Waals surface area contributed by atoms with Crippen molar-refractivity contribution in [2.75, 3.05) is 29.7 Å². The van der Waals surface area contributed by atoms with Crippen LogP contribution in [0.3, 0.4) is 0 Å². The largest absolute Gasteiger partial charge is 0.524 e. The molecule has 5 rings (SSSR count). The van der Waals surface area contributed by atoms with Crippen molar-refractivity contribution in [2.45, 2.75) is 26.1 Å². The molecular formula is C27H27FN5O11P. The lowest BCUT2D eigenvalue weighted by Crippen LogP contribution is -2.42. The van der Waals surface area contributed by atoms with Crippen LogP contribution in [0.2, 0.25) is 0 Å². The van der Waals surface area contributed by atoms with E-state index in [0.717, 1.165) is 30.3 Å². The first-order valence-corrected chi connectivity index (χ1v) is 14.8. The molecule has 3 heterocycles. The number of imide groups is 1. The Morgan fingerprint density at radius 1 is 1.13 bits per heavy atom. The number of hydrogen-bond acceptors (Lipinski definition) is 11. The lowest BCUT2D eigenvalue weighted by molar-refractivity contribution is -0.128. The highest BCUT2D eigenvalue weighted by Crippen LogP contribution is 2.37. The molecule has 1 saturated heterocycles. The van der Waals surface area contributed by atoms with Crippen molar-refractivity contribution in [1.82, 2.24) is 14.7 Å². The van der Waals surface area contributed by atoms with Gasteiger partial charge in [-0.2, -0.15) is 5.10 Å². The predicted molar refractivity (Wildman–Crippen MR) is 150 cm³/mol. The van der Waals surface area contributed by atoms with Crippen molar-refractivity contribution in [3.63, 3.8) is 0 Å². The third-order valence-corrected chi connectivity index (χ3v) is 7.27. The number of ether oxygens (including phenoxy) is 3. The standard InChI is InChI=1S/C27H27FN5O11P/c1-16(34)32(26(36)42-15-41-25(35)17-3-6-20(7-4-17)44-45(38,39)40)12-21-13-33(27(37)43-21)19-5-8-24(22(28)9-19)31-11-18-10-30(2)29-23(18)14-31/h3-10,21H,11-15H2,1-2H3,(H2,38,39,40)/t21-/m0/s1. The topological polar surface area (TPSA) is 190 Å². The van der Waals surface area contributed by atoms with Gasteiger partial charge in [0.25, 0.3) is 0 Å². The zero-order valence-electron chi connectivity index (χ0n) is 23.9. The highest BCUT2D eigenvalue weighted by atomic mass is 31.2. The molecule has 1 fully saturated rings. The van der Waals surface area contributed by atoms with Gasteiger partial charge in [-0.25, -0.2) is 28.2 Å². The summed E-state index contributed by atoms with van der Waals surface area (Å²) in [5.74, 6) is -2.42. The molecule has 3 amide bonds. The molecule has 0 saturated carbocycles. The molecule has 0 unspecified atom stereocenters. The van der Waals surface area contributed by atoms with E-state index in [4.69, 9.17) is 24.0 Å². The Bertz CT molecular complexity index is 1670. The van der Waals surface area contributed by atoms with E-state index in [0.29, 0.717) is 23.7 Å². The number of aromatic nitrogens is 2. The molecular weight excluding hydrogens is 620 g/mol. The number of esters is 1. The molecule has 2 aromatic carbocycles. The fraction of sp³-hybridized carbons (Fsp3) is 0.296. The van der Waals surface area contributed by atoms with Gasteiger partial charge >= 0.3 is 26.0 Å². The number of phosphoric ester groups is 1. The molecule has 3 aromatic rings. The SMILES string of the molecule is CC(=O)N(C[C@H]1CN(c2ccc(N3Cc4cn(C)nc4C3)c(F)c2)C(=O)O1)C(=O)OCOC(=O)c1ccc(OP(=O)(O)O)cc1. The number of hydrogen-bond donors (Lipinski definition) is 2.